The number of hydrogen-bond acceptors (Lipinski definition) is 2. The van der Waals surface area contributed by atoms with Crippen LogP contribution in [0.2, 0.25) is 5.02 Å². The van der Waals surface area contributed by atoms with Crippen molar-refractivity contribution < 1.29 is 9.50 Å². The number of aromatic hydroxyl groups is 1. The van der Waals surface area contributed by atoms with Crippen molar-refractivity contribution in [3.05, 3.63) is 23.1 Å². The van der Waals surface area contributed by atoms with Crippen LogP contribution in [-0.4, -0.2) is 10.1 Å². The van der Waals surface area contributed by atoms with Gasteiger partial charge < -0.3 is 5.11 Å². The first kappa shape index (κ1) is 6.29. The summed E-state index contributed by atoms with van der Waals surface area (Å²) in [5.41, 5.74) is 0. The highest BCUT2D eigenvalue weighted by Gasteiger charge is 1.96. The molecule has 0 amide bonds. The van der Waals surface area contributed by atoms with Crippen LogP contribution >= 0.6 is 11.6 Å². The lowest BCUT2D eigenvalue weighted by molar-refractivity contribution is 0.435. The Labute approximate surface area is 55.9 Å². The lowest BCUT2D eigenvalue weighted by Crippen LogP contribution is -1.80. The first-order valence-corrected chi connectivity index (χ1v) is 2.58. The summed E-state index contributed by atoms with van der Waals surface area (Å²) in [6, 6.07) is 2.17. The molecule has 0 fully saturated rings. The van der Waals surface area contributed by atoms with Crippen molar-refractivity contribution in [1.82, 2.24) is 4.98 Å². The lowest BCUT2D eigenvalue weighted by atomic mass is 10.5. The zero-order valence-corrected chi connectivity index (χ0v) is 5.06. The summed E-state index contributed by atoms with van der Waals surface area (Å²) in [5.74, 6) is -1.18. The molecule has 9 heavy (non-hydrogen) atoms. The molecule has 0 aromatic carbocycles. The van der Waals surface area contributed by atoms with E-state index in [1.54, 1.807) is 0 Å². The summed E-state index contributed by atoms with van der Waals surface area (Å²) in [5, 5.41) is 8.70. The van der Waals surface area contributed by atoms with E-state index in [1.807, 2.05) is 0 Å². The van der Waals surface area contributed by atoms with Gasteiger partial charge in [0.2, 0.25) is 11.8 Å². The summed E-state index contributed by atoms with van der Waals surface area (Å²) >= 11 is 5.31. The molecule has 0 aliphatic heterocycles. The molecule has 2 nitrogen and oxygen atoms in total. The molecular weight excluding hydrogens is 145 g/mol. The Morgan fingerprint density at radius 3 is 2.67 bits per heavy atom. The van der Waals surface area contributed by atoms with Crippen LogP contribution in [0.5, 0.6) is 5.88 Å². The van der Waals surface area contributed by atoms with E-state index in [0.29, 0.717) is 0 Å². The van der Waals surface area contributed by atoms with E-state index in [2.05, 4.69) is 4.98 Å². The van der Waals surface area contributed by atoms with Crippen LogP contribution in [0.1, 0.15) is 0 Å². The maximum atomic E-state index is 12.1. The molecule has 0 aliphatic rings. The van der Waals surface area contributed by atoms with E-state index >= 15 is 0 Å². The molecule has 1 aromatic rings. The van der Waals surface area contributed by atoms with Crippen molar-refractivity contribution in [3.8, 4) is 5.88 Å². The molecule has 4 heteroatoms. The maximum Gasteiger partial charge on any atom is 0.217 e. The minimum absolute atomic E-state index is 0.139. The van der Waals surface area contributed by atoms with E-state index in [1.165, 1.54) is 0 Å². The molecule has 0 unspecified atom stereocenters. The third-order valence-corrected chi connectivity index (χ3v) is 0.964. The number of aromatic nitrogens is 1. The van der Waals surface area contributed by atoms with Crippen LogP contribution in [0.4, 0.5) is 4.39 Å². The van der Waals surface area contributed by atoms with Crippen LogP contribution in [0.3, 0.4) is 0 Å². The number of hydrogen-bond donors (Lipinski definition) is 1. The summed E-state index contributed by atoms with van der Waals surface area (Å²) in [6.45, 7) is 0. The van der Waals surface area contributed by atoms with Crippen LogP contribution in [0.15, 0.2) is 12.1 Å². The van der Waals surface area contributed by atoms with Gasteiger partial charge in [0.25, 0.3) is 0 Å². The van der Waals surface area contributed by atoms with Crippen molar-refractivity contribution in [1.29, 1.82) is 0 Å². The van der Waals surface area contributed by atoms with Gasteiger partial charge in [-0.25, -0.2) is 0 Å². The first-order valence-electron chi connectivity index (χ1n) is 2.20. The second-order valence-electron chi connectivity index (χ2n) is 1.47. The Hall–Kier alpha value is -0.830. The minimum Gasteiger partial charge on any atom is -0.493 e. The maximum absolute atomic E-state index is 12.1. The van der Waals surface area contributed by atoms with Gasteiger partial charge in [-0.1, -0.05) is 11.6 Å². The summed E-state index contributed by atoms with van der Waals surface area (Å²) < 4.78 is 12.1. The van der Waals surface area contributed by atoms with Gasteiger partial charge in [-0.05, 0) is 0 Å². The smallest absolute Gasteiger partial charge is 0.217 e. The van der Waals surface area contributed by atoms with E-state index in [-0.39, 0.29) is 5.02 Å². The van der Waals surface area contributed by atoms with E-state index in [4.69, 9.17) is 16.7 Å². The molecule has 0 saturated heterocycles. The second-order valence-corrected chi connectivity index (χ2v) is 1.90. The van der Waals surface area contributed by atoms with Crippen molar-refractivity contribution in [2.24, 2.45) is 0 Å². The number of rotatable bonds is 0. The van der Waals surface area contributed by atoms with Crippen LogP contribution in [0.25, 0.3) is 0 Å². The van der Waals surface area contributed by atoms with Crippen LogP contribution in [0, 0.1) is 5.95 Å². The molecule has 1 N–H and O–H groups in total. The molecule has 0 atom stereocenters. The third kappa shape index (κ3) is 1.54. The zero-order chi connectivity index (χ0) is 6.85. The van der Waals surface area contributed by atoms with Gasteiger partial charge in [-0.2, -0.15) is 9.37 Å². The molecule has 0 bridgehead atoms. The topological polar surface area (TPSA) is 33.1 Å². The highest BCUT2D eigenvalue weighted by Crippen LogP contribution is 2.14. The Balaban J connectivity index is 3.17. The summed E-state index contributed by atoms with van der Waals surface area (Å²) in [7, 11) is 0. The monoisotopic (exact) mass is 147 g/mol. The van der Waals surface area contributed by atoms with Crippen LogP contribution < -0.4 is 0 Å². The van der Waals surface area contributed by atoms with E-state index in [0.717, 1.165) is 12.1 Å². The standard InChI is InChI=1S/C5H3ClFNO/c6-3-1-4(7)8-5(9)2-3/h1-2H,(H,8,9). The Bertz CT molecular complexity index is 178. The van der Waals surface area contributed by atoms with Gasteiger partial charge in [0, 0.05) is 12.1 Å². The molecule has 1 aromatic heterocycles. The molecule has 0 radical (unpaired) electrons. The predicted octanol–water partition coefficient (Wildman–Crippen LogP) is 1.58. The molecular formula is C5H3ClFNO. The largest absolute Gasteiger partial charge is 0.493 e. The molecule has 48 valence electrons. The zero-order valence-electron chi connectivity index (χ0n) is 4.31. The van der Waals surface area contributed by atoms with Gasteiger partial charge in [0.1, 0.15) is 0 Å². The van der Waals surface area contributed by atoms with Crippen molar-refractivity contribution >= 4 is 11.6 Å². The Morgan fingerprint density at radius 2 is 2.22 bits per heavy atom. The average molecular weight is 148 g/mol. The van der Waals surface area contributed by atoms with Crippen LogP contribution in [-0.2, 0) is 0 Å². The third-order valence-electron chi connectivity index (χ3n) is 0.745. The van der Waals surface area contributed by atoms with E-state index < -0.39 is 11.8 Å². The molecule has 1 heterocycles. The van der Waals surface area contributed by atoms with Crippen molar-refractivity contribution in [2.75, 3.05) is 0 Å². The lowest BCUT2D eigenvalue weighted by Gasteiger charge is -1.90. The fourth-order valence-electron chi connectivity index (χ4n) is 0.453. The van der Waals surface area contributed by atoms with E-state index in [9.17, 15) is 4.39 Å². The molecule has 1 rings (SSSR count). The highest BCUT2D eigenvalue weighted by atomic mass is 35.5. The Kier molecular flexibility index (Phi) is 1.53. The Morgan fingerprint density at radius 1 is 1.56 bits per heavy atom. The van der Waals surface area contributed by atoms with Gasteiger partial charge >= 0.3 is 0 Å². The average Bonchev–Trinajstić information content (AvgIpc) is 1.59. The fourth-order valence-corrected chi connectivity index (χ4v) is 0.640. The van der Waals surface area contributed by atoms with Gasteiger partial charge in [-0.15, -0.1) is 0 Å². The van der Waals surface area contributed by atoms with Gasteiger partial charge in [-0.3, -0.25) is 0 Å². The highest BCUT2D eigenvalue weighted by molar-refractivity contribution is 6.30. The first-order chi connectivity index (χ1) is 4.18. The second kappa shape index (κ2) is 2.19. The number of nitrogens with zero attached hydrogens (tertiary/aromatic N) is 1. The molecule has 0 spiro atoms. The SMILES string of the molecule is Oc1cc(Cl)cc(F)n1. The van der Waals surface area contributed by atoms with Gasteiger partial charge in [0.15, 0.2) is 0 Å². The molecule has 0 saturated carbocycles. The normalized spacial score (nSPS) is 9.56. The van der Waals surface area contributed by atoms with Crippen molar-refractivity contribution in [2.45, 2.75) is 0 Å². The summed E-state index contributed by atoms with van der Waals surface area (Å²) in [6.07, 6.45) is 0. The number of halogens is 2. The van der Waals surface area contributed by atoms with Gasteiger partial charge in [0.05, 0.1) is 5.02 Å². The summed E-state index contributed by atoms with van der Waals surface area (Å²) in [4.78, 5) is 3.04. The minimum atomic E-state index is -0.778. The number of pyridine rings is 1. The van der Waals surface area contributed by atoms with Crippen molar-refractivity contribution in [3.63, 3.8) is 0 Å². The molecule has 0 aliphatic carbocycles. The quantitative estimate of drug-likeness (QED) is 0.566. The predicted molar refractivity (Wildman–Crippen MR) is 30.9 cm³/mol. The fraction of sp³-hybridized carbons (Fsp3) is 0.